The Labute approximate surface area is 132 Å². The van der Waals surface area contributed by atoms with Crippen LogP contribution in [0, 0.1) is 0 Å². The first-order valence-electron chi connectivity index (χ1n) is 6.71. The lowest BCUT2D eigenvalue weighted by atomic mass is 10.2. The zero-order valence-electron chi connectivity index (χ0n) is 11.9. The number of ether oxygens (including phenoxy) is 1. The second-order valence-corrected chi connectivity index (χ2v) is 5.00. The summed E-state index contributed by atoms with van der Waals surface area (Å²) in [6.07, 6.45) is 0. The van der Waals surface area contributed by atoms with E-state index in [1.165, 1.54) is 0 Å². The van der Waals surface area contributed by atoms with E-state index in [-0.39, 0.29) is 0 Å². The summed E-state index contributed by atoms with van der Waals surface area (Å²) in [7, 11) is 1.63. The Morgan fingerprint density at radius 1 is 1.14 bits per heavy atom. The lowest BCUT2D eigenvalue weighted by Crippen LogP contribution is -2.00. The molecule has 0 amide bonds. The maximum absolute atomic E-state index is 6.10. The van der Waals surface area contributed by atoms with Gasteiger partial charge in [0.25, 0.3) is 0 Å². The standard InChI is InChI=1S/C16H14ClN3O2/c1-21-13-8-6-11(7-9-13)15-19-16(22-20-15)18-10-12-4-2-3-5-14(12)17/h2-9H,10H2,1H3,(H,18,19,20). The van der Waals surface area contributed by atoms with Crippen LogP contribution in [-0.4, -0.2) is 17.3 Å². The summed E-state index contributed by atoms with van der Waals surface area (Å²) in [5, 5.41) is 7.72. The Morgan fingerprint density at radius 3 is 2.64 bits per heavy atom. The van der Waals surface area contributed by atoms with Crippen LogP contribution in [0.4, 0.5) is 6.01 Å². The molecule has 2 aromatic carbocycles. The fraction of sp³-hybridized carbons (Fsp3) is 0.125. The molecule has 1 N–H and O–H groups in total. The molecular weight excluding hydrogens is 302 g/mol. The number of benzene rings is 2. The molecule has 0 aliphatic carbocycles. The van der Waals surface area contributed by atoms with Crippen LogP contribution in [0.1, 0.15) is 5.56 Å². The highest BCUT2D eigenvalue weighted by atomic mass is 35.5. The predicted molar refractivity (Wildman–Crippen MR) is 85.1 cm³/mol. The van der Waals surface area contributed by atoms with Gasteiger partial charge in [-0.1, -0.05) is 35.0 Å². The molecule has 1 aromatic heterocycles. The lowest BCUT2D eigenvalue weighted by Gasteiger charge is -2.03. The Kier molecular flexibility index (Phi) is 4.25. The monoisotopic (exact) mass is 315 g/mol. The number of hydrogen-bond donors (Lipinski definition) is 1. The normalized spacial score (nSPS) is 10.5. The Morgan fingerprint density at radius 2 is 1.91 bits per heavy atom. The van der Waals surface area contributed by atoms with Crippen molar-refractivity contribution >= 4 is 17.6 Å². The molecule has 0 atom stereocenters. The second kappa shape index (κ2) is 6.49. The quantitative estimate of drug-likeness (QED) is 0.770. The topological polar surface area (TPSA) is 60.2 Å². The summed E-state index contributed by atoms with van der Waals surface area (Å²) < 4.78 is 10.3. The van der Waals surface area contributed by atoms with Gasteiger partial charge in [0.05, 0.1) is 7.11 Å². The van der Waals surface area contributed by atoms with Crippen LogP contribution in [0.3, 0.4) is 0 Å². The van der Waals surface area contributed by atoms with Crippen LogP contribution in [0.2, 0.25) is 5.02 Å². The Bertz CT molecular complexity index is 756. The van der Waals surface area contributed by atoms with E-state index in [0.29, 0.717) is 23.4 Å². The van der Waals surface area contributed by atoms with E-state index in [1.54, 1.807) is 7.11 Å². The number of nitrogens with zero attached hydrogens (tertiary/aromatic N) is 2. The van der Waals surface area contributed by atoms with Crippen molar-refractivity contribution in [1.29, 1.82) is 0 Å². The largest absolute Gasteiger partial charge is 0.497 e. The molecule has 112 valence electrons. The molecule has 1 heterocycles. The zero-order chi connectivity index (χ0) is 15.4. The highest BCUT2D eigenvalue weighted by molar-refractivity contribution is 6.31. The summed E-state index contributed by atoms with van der Waals surface area (Å²) >= 11 is 6.10. The van der Waals surface area contributed by atoms with Crippen LogP contribution >= 0.6 is 11.6 Å². The predicted octanol–water partition coefficient (Wildman–Crippen LogP) is 4.01. The summed E-state index contributed by atoms with van der Waals surface area (Å²) in [6, 6.07) is 15.4. The highest BCUT2D eigenvalue weighted by Gasteiger charge is 2.09. The van der Waals surface area contributed by atoms with Crippen molar-refractivity contribution in [3.05, 3.63) is 59.1 Å². The molecule has 0 radical (unpaired) electrons. The van der Waals surface area contributed by atoms with E-state index >= 15 is 0 Å². The van der Waals surface area contributed by atoms with Crippen molar-refractivity contribution in [2.75, 3.05) is 12.4 Å². The van der Waals surface area contributed by atoms with Gasteiger partial charge in [0.15, 0.2) is 0 Å². The van der Waals surface area contributed by atoms with E-state index in [9.17, 15) is 0 Å². The molecule has 0 saturated carbocycles. The highest BCUT2D eigenvalue weighted by Crippen LogP contribution is 2.21. The first-order valence-corrected chi connectivity index (χ1v) is 7.09. The second-order valence-electron chi connectivity index (χ2n) is 4.60. The Hall–Kier alpha value is -2.53. The minimum atomic E-state index is 0.353. The molecule has 0 aliphatic heterocycles. The van der Waals surface area contributed by atoms with E-state index < -0.39 is 0 Å². The molecule has 0 unspecified atom stereocenters. The first-order chi connectivity index (χ1) is 10.8. The van der Waals surface area contributed by atoms with Crippen LogP contribution in [0.5, 0.6) is 5.75 Å². The molecule has 0 saturated heterocycles. The van der Waals surface area contributed by atoms with Gasteiger partial charge in [-0.05, 0) is 35.9 Å². The maximum atomic E-state index is 6.10. The van der Waals surface area contributed by atoms with Crippen LogP contribution in [0.15, 0.2) is 53.1 Å². The fourth-order valence-electron chi connectivity index (χ4n) is 1.97. The molecule has 6 heteroatoms. The summed E-state index contributed by atoms with van der Waals surface area (Å²) in [5.74, 6) is 1.30. The fourth-order valence-corrected chi connectivity index (χ4v) is 2.17. The van der Waals surface area contributed by atoms with E-state index in [2.05, 4.69) is 15.5 Å². The minimum absolute atomic E-state index is 0.353. The van der Waals surface area contributed by atoms with Crippen molar-refractivity contribution in [2.45, 2.75) is 6.54 Å². The number of halogens is 1. The van der Waals surface area contributed by atoms with Gasteiger partial charge in [0.2, 0.25) is 5.82 Å². The van der Waals surface area contributed by atoms with Crippen LogP contribution in [0.25, 0.3) is 11.4 Å². The van der Waals surface area contributed by atoms with Crippen LogP contribution in [-0.2, 0) is 6.54 Å². The maximum Gasteiger partial charge on any atom is 0.322 e. The van der Waals surface area contributed by atoms with Gasteiger partial charge < -0.3 is 14.6 Å². The minimum Gasteiger partial charge on any atom is -0.497 e. The summed E-state index contributed by atoms with van der Waals surface area (Å²) in [6.45, 7) is 0.518. The molecule has 3 rings (SSSR count). The number of rotatable bonds is 5. The average Bonchev–Trinajstić information content (AvgIpc) is 3.03. The number of hydrogen-bond acceptors (Lipinski definition) is 5. The van der Waals surface area contributed by atoms with Gasteiger partial charge in [0.1, 0.15) is 5.75 Å². The SMILES string of the molecule is COc1ccc(-c2noc(NCc3ccccc3Cl)n2)cc1. The Balaban J connectivity index is 1.69. The van der Waals surface area contributed by atoms with Crippen molar-refractivity contribution in [3.63, 3.8) is 0 Å². The van der Waals surface area contributed by atoms with Gasteiger partial charge in [-0.25, -0.2) is 0 Å². The van der Waals surface area contributed by atoms with Gasteiger partial charge in [0, 0.05) is 17.1 Å². The molecule has 0 fully saturated rings. The van der Waals surface area contributed by atoms with Crippen molar-refractivity contribution < 1.29 is 9.26 Å². The van der Waals surface area contributed by atoms with E-state index in [4.69, 9.17) is 20.9 Å². The first kappa shape index (κ1) is 14.4. The number of nitrogens with one attached hydrogen (secondary N) is 1. The third-order valence-electron chi connectivity index (χ3n) is 3.16. The smallest absolute Gasteiger partial charge is 0.322 e. The van der Waals surface area contributed by atoms with Gasteiger partial charge in [-0.2, -0.15) is 4.98 Å². The molecule has 3 aromatic rings. The van der Waals surface area contributed by atoms with Crippen LogP contribution < -0.4 is 10.1 Å². The van der Waals surface area contributed by atoms with Gasteiger partial charge in [-0.3, -0.25) is 0 Å². The molecule has 0 bridgehead atoms. The third-order valence-corrected chi connectivity index (χ3v) is 3.53. The summed E-state index contributed by atoms with van der Waals surface area (Å²) in [4.78, 5) is 4.31. The summed E-state index contributed by atoms with van der Waals surface area (Å²) in [5.41, 5.74) is 1.82. The zero-order valence-corrected chi connectivity index (χ0v) is 12.7. The van der Waals surface area contributed by atoms with Crippen molar-refractivity contribution in [1.82, 2.24) is 10.1 Å². The number of methoxy groups -OCH3 is 1. The lowest BCUT2D eigenvalue weighted by molar-refractivity contribution is 0.415. The van der Waals surface area contributed by atoms with Crippen molar-refractivity contribution in [2.24, 2.45) is 0 Å². The number of anilines is 1. The molecule has 5 nitrogen and oxygen atoms in total. The molecule has 22 heavy (non-hydrogen) atoms. The third kappa shape index (κ3) is 3.20. The van der Waals surface area contributed by atoms with Crippen molar-refractivity contribution in [3.8, 4) is 17.1 Å². The van der Waals surface area contributed by atoms with Gasteiger partial charge >= 0.3 is 6.01 Å². The number of aromatic nitrogens is 2. The molecule has 0 aliphatic rings. The van der Waals surface area contributed by atoms with E-state index in [0.717, 1.165) is 16.9 Å². The van der Waals surface area contributed by atoms with Gasteiger partial charge in [-0.15, -0.1) is 0 Å². The molecule has 0 spiro atoms. The molecular formula is C16H14ClN3O2. The average molecular weight is 316 g/mol. The van der Waals surface area contributed by atoms with E-state index in [1.807, 2.05) is 48.5 Å².